The Morgan fingerprint density at radius 2 is 1.64 bits per heavy atom. The lowest BCUT2D eigenvalue weighted by atomic mass is 9.96. The van der Waals surface area contributed by atoms with Crippen molar-refractivity contribution in [2.75, 3.05) is 12.9 Å². The first kappa shape index (κ1) is 15.0. The van der Waals surface area contributed by atoms with Gasteiger partial charge in [0.2, 0.25) is 0 Å². The van der Waals surface area contributed by atoms with Gasteiger partial charge in [-0.05, 0) is 28.8 Å². The average molecular weight is 316 g/mol. The van der Waals surface area contributed by atoms with Crippen molar-refractivity contribution < 1.29 is 18.3 Å². The first-order valence-electron chi connectivity index (χ1n) is 6.85. The molecule has 0 bridgehead atoms. The van der Waals surface area contributed by atoms with Crippen LogP contribution in [0.1, 0.15) is 11.1 Å². The fourth-order valence-corrected chi connectivity index (χ4v) is 3.18. The van der Waals surface area contributed by atoms with Crippen LogP contribution in [-0.2, 0) is 14.6 Å². The fourth-order valence-electron chi connectivity index (χ4n) is 2.55. The zero-order valence-electron chi connectivity index (χ0n) is 12.1. The number of rotatable bonds is 3. The third-order valence-corrected chi connectivity index (χ3v) is 4.80. The molecule has 0 radical (unpaired) electrons. The van der Waals surface area contributed by atoms with E-state index >= 15 is 0 Å². The van der Waals surface area contributed by atoms with Gasteiger partial charge < -0.3 is 9.84 Å². The van der Waals surface area contributed by atoms with Crippen molar-refractivity contribution in [2.24, 2.45) is 0 Å². The summed E-state index contributed by atoms with van der Waals surface area (Å²) in [5.41, 5.74) is 3.35. The number of hydrogen-bond donors (Lipinski definition) is 1. The maximum atomic E-state index is 11.5. The van der Waals surface area contributed by atoms with Gasteiger partial charge in [-0.1, -0.05) is 42.5 Å². The summed E-state index contributed by atoms with van der Waals surface area (Å²) >= 11 is 0. The van der Waals surface area contributed by atoms with Gasteiger partial charge in [0.05, 0.1) is 11.5 Å². The lowest BCUT2D eigenvalue weighted by Gasteiger charge is -2.10. The van der Waals surface area contributed by atoms with Crippen molar-refractivity contribution in [3.63, 3.8) is 0 Å². The van der Waals surface area contributed by atoms with Gasteiger partial charge in [-0.2, -0.15) is 0 Å². The minimum absolute atomic E-state index is 0.276. The van der Waals surface area contributed by atoms with E-state index in [9.17, 15) is 13.5 Å². The Morgan fingerprint density at radius 1 is 1.00 bits per heavy atom. The summed E-state index contributed by atoms with van der Waals surface area (Å²) < 4.78 is 28.4. The molecule has 1 aliphatic heterocycles. The summed E-state index contributed by atoms with van der Waals surface area (Å²) in [6.45, 7) is 0.295. The first-order chi connectivity index (χ1) is 10.5. The van der Waals surface area contributed by atoms with E-state index in [1.165, 1.54) is 6.26 Å². The molecule has 0 fully saturated rings. The van der Waals surface area contributed by atoms with Crippen molar-refractivity contribution in [3.05, 3.63) is 65.7 Å². The summed E-state index contributed by atoms with van der Waals surface area (Å²) in [6, 6.07) is 16.2. The second kappa shape index (κ2) is 5.68. The highest BCUT2D eigenvalue weighted by Gasteiger charge is 2.26. The molecule has 0 amide bonds. The van der Waals surface area contributed by atoms with Crippen LogP contribution in [0.5, 0.6) is 0 Å². The van der Waals surface area contributed by atoms with Crippen LogP contribution in [0.3, 0.4) is 0 Å². The van der Waals surface area contributed by atoms with E-state index in [1.54, 1.807) is 24.3 Å². The highest BCUT2D eigenvalue weighted by Crippen LogP contribution is 2.35. The standard InChI is InChI=1S/C17H16O4S/c1-22(19,20)14-9-7-12(8-10-14)15-11-21-17(18)16(15)13-5-3-2-4-6-13/h2-10,17-18H,11H2,1H3. The Kier molecular flexibility index (Phi) is 3.87. The van der Waals surface area contributed by atoms with Gasteiger partial charge in [0.15, 0.2) is 16.1 Å². The first-order valence-corrected chi connectivity index (χ1v) is 8.74. The van der Waals surface area contributed by atoms with Crippen molar-refractivity contribution in [1.82, 2.24) is 0 Å². The second-order valence-electron chi connectivity index (χ2n) is 5.22. The van der Waals surface area contributed by atoms with E-state index in [0.29, 0.717) is 6.61 Å². The molecule has 0 aromatic heterocycles. The molecular weight excluding hydrogens is 300 g/mol. The Morgan fingerprint density at radius 3 is 2.23 bits per heavy atom. The predicted molar refractivity (Wildman–Crippen MR) is 84.8 cm³/mol. The molecule has 3 rings (SSSR count). The third-order valence-electron chi connectivity index (χ3n) is 3.67. The predicted octanol–water partition coefficient (Wildman–Crippen LogP) is 2.35. The van der Waals surface area contributed by atoms with Gasteiger partial charge in [0.25, 0.3) is 0 Å². The normalized spacial score (nSPS) is 18.7. The van der Waals surface area contributed by atoms with E-state index in [4.69, 9.17) is 4.74 Å². The molecule has 0 saturated carbocycles. The highest BCUT2D eigenvalue weighted by atomic mass is 32.2. The van der Waals surface area contributed by atoms with E-state index in [1.807, 2.05) is 30.3 Å². The fraction of sp³-hybridized carbons (Fsp3) is 0.176. The van der Waals surface area contributed by atoms with Crippen LogP contribution < -0.4 is 0 Å². The zero-order chi connectivity index (χ0) is 15.7. The number of hydrogen-bond acceptors (Lipinski definition) is 4. The average Bonchev–Trinajstić information content (AvgIpc) is 2.89. The van der Waals surface area contributed by atoms with Gasteiger partial charge >= 0.3 is 0 Å². The van der Waals surface area contributed by atoms with Crippen LogP contribution >= 0.6 is 0 Å². The highest BCUT2D eigenvalue weighted by molar-refractivity contribution is 7.90. The molecule has 1 heterocycles. The molecule has 1 unspecified atom stereocenters. The molecule has 2 aromatic rings. The van der Waals surface area contributed by atoms with Gasteiger partial charge in [0.1, 0.15) is 0 Å². The largest absolute Gasteiger partial charge is 0.364 e. The smallest absolute Gasteiger partial charge is 0.182 e. The number of aliphatic hydroxyl groups is 1. The van der Waals surface area contributed by atoms with Crippen LogP contribution in [0.25, 0.3) is 11.1 Å². The molecule has 0 saturated heterocycles. The van der Waals surface area contributed by atoms with Crippen molar-refractivity contribution in [2.45, 2.75) is 11.2 Å². The number of ether oxygens (including phenoxy) is 1. The topological polar surface area (TPSA) is 63.6 Å². The molecule has 4 nitrogen and oxygen atoms in total. The molecule has 0 aliphatic carbocycles. The van der Waals surface area contributed by atoms with Gasteiger partial charge in [-0.25, -0.2) is 8.42 Å². The van der Waals surface area contributed by atoms with Crippen LogP contribution in [0.4, 0.5) is 0 Å². The summed E-state index contributed by atoms with van der Waals surface area (Å²) in [5.74, 6) is 0. The van der Waals surface area contributed by atoms with Gasteiger partial charge in [0, 0.05) is 11.8 Å². The third kappa shape index (κ3) is 2.83. The molecule has 0 spiro atoms. The van der Waals surface area contributed by atoms with Crippen molar-refractivity contribution >= 4 is 21.0 Å². The van der Waals surface area contributed by atoms with Crippen LogP contribution in [0.15, 0.2) is 59.5 Å². The Labute approximate surface area is 129 Å². The molecule has 2 aromatic carbocycles. The van der Waals surface area contributed by atoms with Crippen LogP contribution in [-0.4, -0.2) is 32.7 Å². The maximum Gasteiger partial charge on any atom is 0.182 e. The molecule has 5 heteroatoms. The molecule has 1 N–H and O–H groups in total. The molecular formula is C17H16O4S. The lowest BCUT2D eigenvalue weighted by molar-refractivity contribution is -0.0311. The molecule has 1 atom stereocenters. The molecule has 1 aliphatic rings. The second-order valence-corrected chi connectivity index (χ2v) is 7.23. The SMILES string of the molecule is CS(=O)(=O)c1ccc(C2=C(c3ccccc3)C(O)OC2)cc1. The number of benzene rings is 2. The Hall–Kier alpha value is -1.95. The van der Waals surface area contributed by atoms with E-state index in [-0.39, 0.29) is 4.90 Å². The Balaban J connectivity index is 2.07. The minimum Gasteiger partial charge on any atom is -0.364 e. The summed E-state index contributed by atoms with van der Waals surface area (Å²) in [4.78, 5) is 0.276. The maximum absolute atomic E-state index is 11.5. The van der Waals surface area contributed by atoms with Crippen molar-refractivity contribution in [3.8, 4) is 0 Å². The summed E-state index contributed by atoms with van der Waals surface area (Å²) in [5, 5.41) is 10.1. The summed E-state index contributed by atoms with van der Waals surface area (Å²) in [6.07, 6.45) is 0.214. The number of sulfone groups is 1. The van der Waals surface area contributed by atoms with E-state index in [2.05, 4.69) is 0 Å². The molecule has 22 heavy (non-hydrogen) atoms. The van der Waals surface area contributed by atoms with Crippen LogP contribution in [0, 0.1) is 0 Å². The lowest BCUT2D eigenvalue weighted by Crippen LogP contribution is -2.06. The van der Waals surface area contributed by atoms with E-state index in [0.717, 1.165) is 22.3 Å². The van der Waals surface area contributed by atoms with Crippen molar-refractivity contribution in [1.29, 1.82) is 0 Å². The van der Waals surface area contributed by atoms with E-state index < -0.39 is 16.1 Å². The van der Waals surface area contributed by atoms with Crippen LogP contribution in [0.2, 0.25) is 0 Å². The van der Waals surface area contributed by atoms with Gasteiger partial charge in [-0.15, -0.1) is 0 Å². The zero-order valence-corrected chi connectivity index (χ0v) is 12.9. The molecule has 114 valence electrons. The van der Waals surface area contributed by atoms with Gasteiger partial charge in [-0.3, -0.25) is 0 Å². The summed E-state index contributed by atoms with van der Waals surface area (Å²) in [7, 11) is -3.22. The minimum atomic E-state index is -3.22. The quantitative estimate of drug-likeness (QED) is 0.944. The Bertz CT molecular complexity index is 805. The monoisotopic (exact) mass is 316 g/mol. The number of aliphatic hydroxyl groups excluding tert-OH is 1.